The summed E-state index contributed by atoms with van der Waals surface area (Å²) >= 11 is 1.08. The highest BCUT2D eigenvalue weighted by molar-refractivity contribution is 7.14. The summed E-state index contributed by atoms with van der Waals surface area (Å²) in [7, 11) is 1.83. The van der Waals surface area contributed by atoms with Gasteiger partial charge in [-0.25, -0.2) is 8.78 Å². The molecule has 3 aliphatic rings. The molecule has 2 N–H and O–H groups in total. The number of carbonyl (C=O) groups is 1. The van der Waals surface area contributed by atoms with E-state index >= 15 is 0 Å². The van der Waals surface area contributed by atoms with Crippen LogP contribution in [0.15, 0.2) is 29.2 Å². The summed E-state index contributed by atoms with van der Waals surface area (Å²) in [6.45, 7) is 0. The largest absolute Gasteiger partial charge is 0.502 e. The van der Waals surface area contributed by atoms with Gasteiger partial charge in [0.25, 0.3) is 5.91 Å². The van der Waals surface area contributed by atoms with Gasteiger partial charge in [0, 0.05) is 31.6 Å². The van der Waals surface area contributed by atoms with Gasteiger partial charge in [0.2, 0.25) is 5.43 Å². The lowest BCUT2D eigenvalue weighted by Gasteiger charge is -2.47. The van der Waals surface area contributed by atoms with E-state index in [1.807, 2.05) is 12.1 Å². The molecule has 1 amide bonds. The minimum absolute atomic E-state index is 0.0799. The van der Waals surface area contributed by atoms with Gasteiger partial charge in [-0.15, -0.1) is 10.2 Å². The normalized spacial score (nSPS) is 25.2. The fraction of sp³-hybridized carbons (Fsp3) is 0.364. The standard InChI is InChI=1S/C22H19F2N5O3S/c1-28-22(5-4-10-6-14(10)22)25-20(32)17-19(31)18(30)13(9-29(17)28)21-27-26-16(33-21)7-11-2-3-12(23)8-15(11)24/h2-3,8-10,14,31H,4-7H2,1H3,(H,25,32). The van der Waals surface area contributed by atoms with Crippen molar-refractivity contribution in [3.63, 3.8) is 0 Å². The summed E-state index contributed by atoms with van der Waals surface area (Å²) in [5, 5.41) is 24.3. The molecule has 1 aliphatic heterocycles. The van der Waals surface area contributed by atoms with Crippen molar-refractivity contribution in [3.05, 3.63) is 62.5 Å². The van der Waals surface area contributed by atoms with Crippen molar-refractivity contribution in [2.75, 3.05) is 12.1 Å². The summed E-state index contributed by atoms with van der Waals surface area (Å²) in [5.41, 5.74) is -1.03. The van der Waals surface area contributed by atoms with Crippen LogP contribution >= 0.6 is 11.3 Å². The number of aromatic nitrogens is 3. The molecular weight excluding hydrogens is 452 g/mol. The molecule has 3 atom stereocenters. The highest BCUT2D eigenvalue weighted by Gasteiger charge is 2.62. The Morgan fingerprint density at radius 1 is 1.30 bits per heavy atom. The maximum Gasteiger partial charge on any atom is 0.275 e. The summed E-state index contributed by atoms with van der Waals surface area (Å²) in [5.74, 6) is -1.57. The number of nitrogens with zero attached hydrogens (tertiary/aromatic N) is 4. The zero-order valence-electron chi connectivity index (χ0n) is 17.5. The number of benzene rings is 1. The second kappa shape index (κ2) is 6.83. The SMILES string of the molecule is CN1n2cc(-c3nnc(Cc4ccc(F)cc4F)s3)c(=O)c(O)c2C(=O)NC12CCC1CC12. The molecular formula is C22H19F2N5O3S. The molecule has 8 nitrogen and oxygen atoms in total. The van der Waals surface area contributed by atoms with Crippen LogP contribution in [-0.2, 0) is 6.42 Å². The molecule has 2 aromatic heterocycles. The van der Waals surface area contributed by atoms with Crippen LogP contribution in [0.1, 0.15) is 40.3 Å². The average molecular weight is 471 g/mol. The number of pyridine rings is 1. The van der Waals surface area contributed by atoms with Crippen LogP contribution in [0.4, 0.5) is 8.78 Å². The first-order valence-corrected chi connectivity index (χ1v) is 11.4. The first-order valence-electron chi connectivity index (χ1n) is 10.6. The van der Waals surface area contributed by atoms with Crippen LogP contribution in [0.3, 0.4) is 0 Å². The summed E-state index contributed by atoms with van der Waals surface area (Å²) in [6, 6.07) is 3.30. The van der Waals surface area contributed by atoms with Crippen LogP contribution in [0.2, 0.25) is 0 Å². The highest BCUT2D eigenvalue weighted by atomic mass is 32.1. The van der Waals surface area contributed by atoms with Gasteiger partial charge in [0.15, 0.2) is 16.5 Å². The monoisotopic (exact) mass is 471 g/mol. The van der Waals surface area contributed by atoms with E-state index in [4.69, 9.17) is 0 Å². The van der Waals surface area contributed by atoms with E-state index in [2.05, 4.69) is 15.5 Å². The first kappa shape index (κ1) is 20.3. The van der Waals surface area contributed by atoms with E-state index in [0.29, 0.717) is 16.8 Å². The number of halogens is 2. The predicted octanol–water partition coefficient (Wildman–Crippen LogP) is 2.38. The number of rotatable bonds is 3. The van der Waals surface area contributed by atoms with Gasteiger partial charge in [-0.3, -0.25) is 19.3 Å². The molecule has 2 aliphatic carbocycles. The van der Waals surface area contributed by atoms with Crippen molar-refractivity contribution in [1.29, 1.82) is 0 Å². The molecule has 2 fully saturated rings. The van der Waals surface area contributed by atoms with Gasteiger partial charge >= 0.3 is 0 Å². The van der Waals surface area contributed by atoms with Crippen molar-refractivity contribution < 1.29 is 18.7 Å². The molecule has 170 valence electrons. The minimum Gasteiger partial charge on any atom is -0.502 e. The molecule has 33 heavy (non-hydrogen) atoms. The van der Waals surface area contributed by atoms with Gasteiger partial charge in [-0.1, -0.05) is 17.4 Å². The number of hydrogen-bond acceptors (Lipinski definition) is 7. The number of aromatic hydroxyl groups is 1. The third kappa shape index (κ3) is 2.91. The number of fused-ring (bicyclic) bond motifs is 3. The van der Waals surface area contributed by atoms with Crippen LogP contribution < -0.4 is 15.8 Å². The molecule has 0 saturated heterocycles. The van der Waals surface area contributed by atoms with Crippen molar-refractivity contribution >= 4 is 17.2 Å². The lowest BCUT2D eigenvalue weighted by Crippen LogP contribution is -2.68. The summed E-state index contributed by atoms with van der Waals surface area (Å²) < 4.78 is 28.7. The van der Waals surface area contributed by atoms with Gasteiger partial charge < -0.3 is 10.4 Å². The molecule has 2 saturated carbocycles. The van der Waals surface area contributed by atoms with Gasteiger partial charge in [-0.05, 0) is 36.8 Å². The molecule has 6 rings (SSSR count). The second-order valence-corrected chi connectivity index (χ2v) is 9.93. The Labute approximate surface area is 190 Å². The van der Waals surface area contributed by atoms with Crippen molar-refractivity contribution in [2.45, 2.75) is 31.3 Å². The fourth-order valence-electron chi connectivity index (χ4n) is 5.28. The summed E-state index contributed by atoms with van der Waals surface area (Å²) in [6.07, 6.45) is 4.44. The molecule has 3 heterocycles. The Bertz CT molecular complexity index is 1390. The van der Waals surface area contributed by atoms with Crippen molar-refractivity contribution in [3.8, 4) is 16.3 Å². The van der Waals surface area contributed by atoms with E-state index in [9.17, 15) is 23.5 Å². The maximum atomic E-state index is 14.0. The number of nitrogens with one attached hydrogen (secondary N) is 1. The van der Waals surface area contributed by atoms with Crippen LogP contribution in [-0.4, -0.2) is 38.6 Å². The van der Waals surface area contributed by atoms with Crippen LogP contribution in [0.5, 0.6) is 5.75 Å². The minimum atomic E-state index is -0.730. The Balaban J connectivity index is 1.39. The van der Waals surface area contributed by atoms with Crippen molar-refractivity contribution in [1.82, 2.24) is 20.2 Å². The Morgan fingerprint density at radius 3 is 2.82 bits per heavy atom. The molecule has 11 heteroatoms. The quantitative estimate of drug-likeness (QED) is 0.609. The van der Waals surface area contributed by atoms with E-state index in [1.165, 1.54) is 23.0 Å². The Kier molecular flexibility index (Phi) is 4.20. The zero-order chi connectivity index (χ0) is 23.1. The molecule has 0 bridgehead atoms. The molecule has 1 spiro atoms. The van der Waals surface area contributed by atoms with E-state index in [1.54, 1.807) is 0 Å². The topological polar surface area (TPSA) is 100 Å². The highest BCUT2D eigenvalue weighted by Crippen LogP contribution is 2.58. The molecule has 1 aromatic carbocycles. The van der Waals surface area contributed by atoms with Crippen LogP contribution in [0.25, 0.3) is 10.6 Å². The third-order valence-electron chi connectivity index (χ3n) is 7.10. The molecule has 0 radical (unpaired) electrons. The van der Waals surface area contributed by atoms with Crippen molar-refractivity contribution in [2.24, 2.45) is 11.8 Å². The number of carbonyl (C=O) groups excluding carboxylic acids is 1. The fourth-order valence-corrected chi connectivity index (χ4v) is 6.15. The van der Waals surface area contributed by atoms with Crippen LogP contribution in [0, 0.1) is 23.5 Å². The maximum absolute atomic E-state index is 14.0. The van der Waals surface area contributed by atoms with E-state index < -0.39 is 34.4 Å². The lowest BCUT2D eigenvalue weighted by molar-refractivity contribution is 0.0804. The lowest BCUT2D eigenvalue weighted by atomic mass is 10.0. The van der Waals surface area contributed by atoms with Gasteiger partial charge in [0.05, 0.1) is 5.56 Å². The van der Waals surface area contributed by atoms with Gasteiger partial charge in [-0.2, -0.15) is 0 Å². The third-order valence-corrected chi connectivity index (χ3v) is 8.05. The average Bonchev–Trinajstić information content (AvgIpc) is 3.29. The second-order valence-electron chi connectivity index (χ2n) is 8.87. The number of amides is 1. The smallest absolute Gasteiger partial charge is 0.275 e. The Hall–Kier alpha value is -3.34. The Morgan fingerprint density at radius 2 is 2.12 bits per heavy atom. The zero-order valence-corrected chi connectivity index (χ0v) is 18.3. The molecule has 3 unspecified atom stereocenters. The molecule has 3 aromatic rings. The summed E-state index contributed by atoms with van der Waals surface area (Å²) in [4.78, 5) is 25.8. The van der Waals surface area contributed by atoms with E-state index in [0.717, 1.165) is 36.7 Å². The van der Waals surface area contributed by atoms with E-state index in [-0.39, 0.29) is 28.2 Å². The predicted molar refractivity (Wildman–Crippen MR) is 116 cm³/mol. The number of hydrogen-bond donors (Lipinski definition) is 2. The first-order chi connectivity index (χ1) is 15.8. The van der Waals surface area contributed by atoms with Gasteiger partial charge in [0.1, 0.15) is 22.3 Å².